The molecule has 174 valence electrons. The van der Waals surface area contributed by atoms with Gasteiger partial charge in [-0.3, -0.25) is 4.79 Å². The Bertz CT molecular complexity index is 932. The van der Waals surface area contributed by atoms with E-state index >= 15 is 0 Å². The molecule has 3 rings (SSSR count). The lowest BCUT2D eigenvalue weighted by Gasteiger charge is -2.25. The summed E-state index contributed by atoms with van der Waals surface area (Å²) in [6.07, 6.45) is -3.78. The molecule has 0 bridgehead atoms. The van der Waals surface area contributed by atoms with Crippen molar-refractivity contribution in [2.45, 2.75) is 32.5 Å². The van der Waals surface area contributed by atoms with Crippen molar-refractivity contribution in [2.75, 3.05) is 33.5 Å². The molecule has 0 N–H and O–H groups in total. The number of ether oxygens (including phenoxy) is 4. The number of methoxy groups -OCH3 is 1. The van der Waals surface area contributed by atoms with Crippen molar-refractivity contribution in [3.05, 3.63) is 47.5 Å². The molecule has 0 aliphatic carbocycles. The first kappa shape index (κ1) is 23.6. The van der Waals surface area contributed by atoms with Crippen LogP contribution >= 0.6 is 0 Å². The van der Waals surface area contributed by atoms with E-state index in [0.717, 1.165) is 11.1 Å². The Morgan fingerprint density at radius 2 is 1.91 bits per heavy atom. The molecule has 32 heavy (non-hydrogen) atoms. The van der Waals surface area contributed by atoms with Gasteiger partial charge in [0.2, 0.25) is 5.91 Å². The summed E-state index contributed by atoms with van der Waals surface area (Å²) < 4.78 is 58.5. The molecule has 1 heterocycles. The Labute approximate surface area is 184 Å². The molecular formula is C23H26F3NO5. The van der Waals surface area contributed by atoms with E-state index in [-0.39, 0.29) is 23.8 Å². The summed E-state index contributed by atoms with van der Waals surface area (Å²) in [4.78, 5) is 14.6. The third kappa shape index (κ3) is 6.21. The molecule has 1 aliphatic rings. The summed E-state index contributed by atoms with van der Waals surface area (Å²) in [6.45, 7) is 2.39. The van der Waals surface area contributed by atoms with Crippen LogP contribution in [0.2, 0.25) is 0 Å². The van der Waals surface area contributed by atoms with Crippen molar-refractivity contribution < 1.29 is 36.9 Å². The number of amides is 1. The minimum atomic E-state index is -4.44. The summed E-state index contributed by atoms with van der Waals surface area (Å²) >= 11 is 0. The number of carbonyl (C=O) groups is 1. The molecule has 0 spiro atoms. The number of nitrogens with zero attached hydrogens (tertiary/aromatic N) is 1. The van der Waals surface area contributed by atoms with Crippen molar-refractivity contribution in [1.82, 2.24) is 4.90 Å². The second-order valence-electron chi connectivity index (χ2n) is 7.24. The van der Waals surface area contributed by atoms with Crippen molar-refractivity contribution in [2.24, 2.45) is 0 Å². The average Bonchev–Trinajstić information content (AvgIpc) is 2.79. The van der Waals surface area contributed by atoms with Gasteiger partial charge in [-0.25, -0.2) is 0 Å². The monoisotopic (exact) mass is 453 g/mol. The highest BCUT2D eigenvalue weighted by Crippen LogP contribution is 2.34. The number of fused-ring (bicyclic) bond motifs is 1. The van der Waals surface area contributed by atoms with Crippen LogP contribution in [0.15, 0.2) is 36.4 Å². The normalized spacial score (nSPS) is 12.9. The quantitative estimate of drug-likeness (QED) is 0.564. The predicted octanol–water partition coefficient (Wildman–Crippen LogP) is 4.39. The molecule has 0 saturated carbocycles. The van der Waals surface area contributed by atoms with Crippen LogP contribution in [0.1, 0.15) is 24.5 Å². The van der Waals surface area contributed by atoms with E-state index in [1.54, 1.807) is 17.0 Å². The van der Waals surface area contributed by atoms with Gasteiger partial charge in [0.05, 0.1) is 7.11 Å². The Hall–Kier alpha value is -3.10. The SMILES string of the molecule is CCN(Cc1cccc2c1OCCO2)C(=O)CCc1ccc(OCC(F)(F)F)c(OC)c1. The van der Waals surface area contributed by atoms with Crippen LogP contribution in [0.4, 0.5) is 13.2 Å². The summed E-state index contributed by atoms with van der Waals surface area (Å²) in [5, 5.41) is 0. The number of aryl methyl sites for hydroxylation is 1. The Morgan fingerprint density at radius 3 is 2.62 bits per heavy atom. The zero-order valence-corrected chi connectivity index (χ0v) is 18.0. The number of alkyl halides is 3. The van der Waals surface area contributed by atoms with E-state index in [4.69, 9.17) is 18.9 Å². The lowest BCUT2D eigenvalue weighted by atomic mass is 10.1. The summed E-state index contributed by atoms with van der Waals surface area (Å²) in [5.41, 5.74) is 1.64. The number of rotatable bonds is 9. The first-order chi connectivity index (χ1) is 15.3. The molecule has 1 aliphatic heterocycles. The molecule has 0 saturated heterocycles. The van der Waals surface area contributed by atoms with Crippen LogP contribution < -0.4 is 18.9 Å². The van der Waals surface area contributed by atoms with E-state index < -0.39 is 12.8 Å². The maximum absolute atomic E-state index is 12.8. The Kier molecular flexibility index (Phi) is 7.71. The lowest BCUT2D eigenvalue weighted by Crippen LogP contribution is -2.31. The first-order valence-corrected chi connectivity index (χ1v) is 10.3. The second-order valence-corrected chi connectivity index (χ2v) is 7.24. The minimum absolute atomic E-state index is 0.00570. The molecular weight excluding hydrogens is 427 g/mol. The van der Waals surface area contributed by atoms with Crippen LogP contribution in [0, 0.1) is 0 Å². The van der Waals surface area contributed by atoms with Gasteiger partial charge in [-0.1, -0.05) is 18.2 Å². The summed E-state index contributed by atoms with van der Waals surface area (Å²) in [5.74, 6) is 1.50. The van der Waals surface area contributed by atoms with Gasteiger partial charge in [-0.2, -0.15) is 13.2 Å². The molecule has 0 atom stereocenters. The fraction of sp³-hybridized carbons (Fsp3) is 0.435. The predicted molar refractivity (Wildman–Crippen MR) is 111 cm³/mol. The largest absolute Gasteiger partial charge is 0.493 e. The lowest BCUT2D eigenvalue weighted by molar-refractivity contribution is -0.153. The third-order valence-corrected chi connectivity index (χ3v) is 4.99. The Morgan fingerprint density at radius 1 is 1.12 bits per heavy atom. The number of carbonyl (C=O) groups excluding carboxylic acids is 1. The molecule has 9 heteroatoms. The molecule has 0 aromatic heterocycles. The van der Waals surface area contributed by atoms with Gasteiger partial charge >= 0.3 is 6.18 Å². The number of hydrogen-bond acceptors (Lipinski definition) is 5. The maximum Gasteiger partial charge on any atom is 0.422 e. The highest BCUT2D eigenvalue weighted by atomic mass is 19.4. The van der Waals surface area contributed by atoms with Gasteiger partial charge in [-0.05, 0) is 37.1 Å². The first-order valence-electron chi connectivity index (χ1n) is 10.3. The molecule has 2 aromatic rings. The van der Waals surface area contributed by atoms with E-state index in [9.17, 15) is 18.0 Å². The van der Waals surface area contributed by atoms with Crippen LogP contribution in [0.3, 0.4) is 0 Å². The van der Waals surface area contributed by atoms with Gasteiger partial charge < -0.3 is 23.8 Å². The summed E-state index contributed by atoms with van der Waals surface area (Å²) in [7, 11) is 1.36. The van der Waals surface area contributed by atoms with Gasteiger partial charge in [0.15, 0.2) is 29.6 Å². The molecule has 0 unspecified atom stereocenters. The van der Waals surface area contributed by atoms with E-state index in [2.05, 4.69) is 0 Å². The fourth-order valence-corrected chi connectivity index (χ4v) is 3.40. The van der Waals surface area contributed by atoms with Crippen molar-refractivity contribution in [1.29, 1.82) is 0 Å². The zero-order chi connectivity index (χ0) is 23.1. The van der Waals surface area contributed by atoms with Crippen LogP contribution in [0.5, 0.6) is 23.0 Å². The van der Waals surface area contributed by atoms with Gasteiger partial charge in [-0.15, -0.1) is 0 Å². The van der Waals surface area contributed by atoms with Crippen molar-refractivity contribution in [3.63, 3.8) is 0 Å². The smallest absolute Gasteiger partial charge is 0.422 e. The van der Waals surface area contributed by atoms with Crippen LogP contribution in [0.25, 0.3) is 0 Å². The fourth-order valence-electron chi connectivity index (χ4n) is 3.40. The summed E-state index contributed by atoms with van der Waals surface area (Å²) in [6, 6.07) is 10.3. The van der Waals surface area contributed by atoms with Gasteiger partial charge in [0.1, 0.15) is 13.2 Å². The van der Waals surface area contributed by atoms with Crippen LogP contribution in [-0.2, 0) is 17.8 Å². The molecule has 0 fully saturated rings. The third-order valence-electron chi connectivity index (χ3n) is 4.99. The minimum Gasteiger partial charge on any atom is -0.493 e. The number of para-hydroxylation sites is 1. The van der Waals surface area contributed by atoms with Crippen molar-refractivity contribution >= 4 is 5.91 Å². The van der Waals surface area contributed by atoms with Crippen molar-refractivity contribution in [3.8, 4) is 23.0 Å². The number of halogens is 3. The standard InChI is InChI=1S/C23H26F3NO5/c1-3-27(14-17-5-4-6-19-22(17)31-12-11-30-19)21(28)10-8-16-7-9-18(20(13-16)29-2)32-15-23(24,25)26/h4-7,9,13H,3,8,10-12,14-15H2,1-2H3. The van der Waals surface area contributed by atoms with E-state index in [1.165, 1.54) is 13.2 Å². The topological polar surface area (TPSA) is 57.2 Å². The molecule has 0 radical (unpaired) electrons. The number of hydrogen-bond donors (Lipinski definition) is 0. The highest BCUT2D eigenvalue weighted by molar-refractivity contribution is 5.76. The Balaban J connectivity index is 1.61. The van der Waals surface area contributed by atoms with Gasteiger partial charge in [0.25, 0.3) is 0 Å². The van der Waals surface area contributed by atoms with Gasteiger partial charge in [0, 0.05) is 25.1 Å². The van der Waals surface area contributed by atoms with Crippen LogP contribution in [-0.4, -0.2) is 50.5 Å². The highest BCUT2D eigenvalue weighted by Gasteiger charge is 2.29. The molecule has 1 amide bonds. The van der Waals surface area contributed by atoms with E-state index in [0.29, 0.717) is 44.2 Å². The second kappa shape index (κ2) is 10.5. The average molecular weight is 453 g/mol. The molecule has 6 nitrogen and oxygen atoms in total. The van der Waals surface area contributed by atoms with E-state index in [1.807, 2.05) is 25.1 Å². The zero-order valence-electron chi connectivity index (χ0n) is 18.0. The maximum atomic E-state index is 12.8. The molecule has 2 aromatic carbocycles. The number of benzene rings is 2.